The summed E-state index contributed by atoms with van der Waals surface area (Å²) in [6.07, 6.45) is 11.8. The van der Waals surface area contributed by atoms with Crippen molar-refractivity contribution in [1.29, 1.82) is 0 Å². The van der Waals surface area contributed by atoms with Crippen LogP contribution in [-0.4, -0.2) is 63.9 Å². The smallest absolute Gasteiger partial charge is 0.170 e. The molecule has 160 valence electrons. The molecular weight excluding hydrogens is 394 g/mol. The van der Waals surface area contributed by atoms with Crippen molar-refractivity contribution in [1.82, 2.24) is 24.7 Å². The molecule has 6 nitrogen and oxygen atoms in total. The molecule has 1 N–H and O–H groups in total. The Kier molecular flexibility index (Phi) is 6.02. The van der Waals surface area contributed by atoms with Crippen molar-refractivity contribution in [3.8, 4) is 0 Å². The Morgan fingerprint density at radius 3 is 2.70 bits per heavy atom. The van der Waals surface area contributed by atoms with Gasteiger partial charge in [0, 0.05) is 50.8 Å². The molecule has 1 saturated carbocycles. The summed E-state index contributed by atoms with van der Waals surface area (Å²) in [5, 5.41) is 4.41. The van der Waals surface area contributed by atoms with Gasteiger partial charge in [-0.25, -0.2) is 0 Å². The van der Waals surface area contributed by atoms with Gasteiger partial charge in [-0.05, 0) is 48.8 Å². The maximum absolute atomic E-state index is 5.81. The number of morpholine rings is 1. The lowest BCUT2D eigenvalue weighted by molar-refractivity contribution is 0.0350. The number of nitrogens with one attached hydrogen (secondary N) is 1. The molecule has 2 atom stereocenters. The lowest BCUT2D eigenvalue weighted by atomic mass is 9.99. The van der Waals surface area contributed by atoms with Crippen LogP contribution in [0.1, 0.15) is 55.1 Å². The zero-order valence-corrected chi connectivity index (χ0v) is 18.3. The van der Waals surface area contributed by atoms with Crippen molar-refractivity contribution >= 4 is 17.3 Å². The van der Waals surface area contributed by atoms with Gasteiger partial charge >= 0.3 is 0 Å². The fourth-order valence-electron chi connectivity index (χ4n) is 5.12. The summed E-state index contributed by atoms with van der Waals surface area (Å²) in [5.41, 5.74) is 2.37. The van der Waals surface area contributed by atoms with Crippen LogP contribution < -0.4 is 5.32 Å². The van der Waals surface area contributed by atoms with Crippen molar-refractivity contribution in [3.05, 3.63) is 54.1 Å². The largest absolute Gasteiger partial charge is 0.379 e. The Hall–Kier alpha value is -1.96. The summed E-state index contributed by atoms with van der Waals surface area (Å²) in [5.74, 6) is 0. The molecule has 0 bridgehead atoms. The van der Waals surface area contributed by atoms with Gasteiger partial charge in [0.05, 0.1) is 31.0 Å². The number of hydrogen-bond acceptors (Lipinski definition) is 4. The first-order chi connectivity index (χ1) is 14.8. The predicted molar refractivity (Wildman–Crippen MR) is 121 cm³/mol. The zero-order chi connectivity index (χ0) is 20.3. The van der Waals surface area contributed by atoms with E-state index in [4.69, 9.17) is 17.0 Å². The third-order valence-electron chi connectivity index (χ3n) is 6.78. The van der Waals surface area contributed by atoms with E-state index in [0.717, 1.165) is 50.2 Å². The number of nitrogens with zero attached hydrogens (tertiary/aromatic N) is 4. The highest BCUT2D eigenvalue weighted by molar-refractivity contribution is 7.80. The minimum Gasteiger partial charge on any atom is -0.379 e. The molecule has 0 unspecified atom stereocenters. The lowest BCUT2D eigenvalue weighted by Crippen LogP contribution is -2.42. The maximum Gasteiger partial charge on any atom is 0.170 e. The van der Waals surface area contributed by atoms with Crippen LogP contribution in [0, 0.1) is 0 Å². The third kappa shape index (κ3) is 4.11. The van der Waals surface area contributed by atoms with Gasteiger partial charge in [0.25, 0.3) is 0 Å². The van der Waals surface area contributed by atoms with Gasteiger partial charge in [-0.3, -0.25) is 9.88 Å². The highest BCUT2D eigenvalue weighted by Crippen LogP contribution is 2.39. The van der Waals surface area contributed by atoms with Crippen molar-refractivity contribution in [2.24, 2.45) is 0 Å². The van der Waals surface area contributed by atoms with E-state index in [2.05, 4.69) is 55.3 Å². The minimum atomic E-state index is 0.0721. The van der Waals surface area contributed by atoms with Gasteiger partial charge in [0.2, 0.25) is 0 Å². The topological polar surface area (TPSA) is 45.6 Å². The second kappa shape index (κ2) is 9.04. The van der Waals surface area contributed by atoms with Crippen LogP contribution in [0.15, 0.2) is 42.9 Å². The summed E-state index contributed by atoms with van der Waals surface area (Å²) in [6.45, 7) is 5.56. The number of hydrogen-bond donors (Lipinski definition) is 1. The Balaban J connectivity index is 1.40. The van der Waals surface area contributed by atoms with Crippen molar-refractivity contribution < 1.29 is 4.74 Å². The second-order valence-electron chi connectivity index (χ2n) is 8.60. The molecule has 7 heteroatoms. The Morgan fingerprint density at radius 1 is 1.10 bits per heavy atom. The first-order valence-electron chi connectivity index (χ1n) is 11.2. The first kappa shape index (κ1) is 20.0. The molecule has 2 aliphatic heterocycles. The molecule has 30 heavy (non-hydrogen) atoms. The average Bonchev–Trinajstić information content (AvgIpc) is 3.53. The average molecular weight is 426 g/mol. The standard InChI is InChI=1S/C23H31N5OS/c30-23-25-21(20-7-3-4-9-24-20)22(28(23)12-11-26-13-15-29-16-14-26)18-8-10-27(17-18)19-5-1-2-6-19/h3-4,7-10,17,19,21-22H,1-2,5-6,11-16H2,(H,25,30)/t21-,22-/m1/s1. The number of aromatic nitrogens is 2. The summed E-state index contributed by atoms with van der Waals surface area (Å²) >= 11 is 5.81. The number of rotatable bonds is 6. The molecule has 0 aromatic carbocycles. The first-order valence-corrected chi connectivity index (χ1v) is 11.7. The summed E-state index contributed by atoms with van der Waals surface area (Å²) in [6, 6.07) is 9.31. The molecule has 5 rings (SSSR count). The predicted octanol–water partition coefficient (Wildman–Crippen LogP) is 3.30. The molecule has 2 saturated heterocycles. The van der Waals surface area contributed by atoms with E-state index in [-0.39, 0.29) is 12.1 Å². The van der Waals surface area contributed by atoms with Gasteiger partial charge in [-0.15, -0.1) is 0 Å². The quantitative estimate of drug-likeness (QED) is 0.717. The Labute approximate surface area is 184 Å². The van der Waals surface area contributed by atoms with Crippen LogP contribution in [0.4, 0.5) is 0 Å². The molecular formula is C23H31N5OS. The lowest BCUT2D eigenvalue weighted by Gasteiger charge is -2.32. The molecule has 0 spiro atoms. The van der Waals surface area contributed by atoms with Crippen molar-refractivity contribution in [2.45, 2.75) is 43.8 Å². The molecule has 3 fully saturated rings. The van der Waals surface area contributed by atoms with Crippen LogP contribution in [0.5, 0.6) is 0 Å². The van der Waals surface area contributed by atoms with Gasteiger partial charge in [0.15, 0.2) is 5.11 Å². The minimum absolute atomic E-state index is 0.0721. The monoisotopic (exact) mass is 425 g/mol. The van der Waals surface area contributed by atoms with Gasteiger partial charge in [-0.1, -0.05) is 18.9 Å². The highest BCUT2D eigenvalue weighted by Gasteiger charge is 2.40. The normalized spacial score (nSPS) is 25.7. The highest BCUT2D eigenvalue weighted by atomic mass is 32.1. The van der Waals surface area contributed by atoms with E-state index >= 15 is 0 Å². The van der Waals surface area contributed by atoms with Gasteiger partial charge < -0.3 is 19.5 Å². The number of thiocarbonyl (C=S) groups is 1. The number of ether oxygens (including phenoxy) is 1. The zero-order valence-electron chi connectivity index (χ0n) is 17.4. The Morgan fingerprint density at radius 2 is 1.93 bits per heavy atom. The van der Waals surface area contributed by atoms with Crippen molar-refractivity contribution in [3.63, 3.8) is 0 Å². The fraction of sp³-hybridized carbons (Fsp3) is 0.565. The third-order valence-corrected chi connectivity index (χ3v) is 7.14. The van der Waals surface area contributed by atoms with E-state index in [1.54, 1.807) is 0 Å². The van der Waals surface area contributed by atoms with E-state index in [1.165, 1.54) is 31.2 Å². The van der Waals surface area contributed by atoms with Crippen LogP contribution >= 0.6 is 12.2 Å². The van der Waals surface area contributed by atoms with Crippen LogP contribution in [0.25, 0.3) is 0 Å². The summed E-state index contributed by atoms with van der Waals surface area (Å²) < 4.78 is 7.93. The number of pyridine rings is 1. The summed E-state index contributed by atoms with van der Waals surface area (Å²) in [7, 11) is 0. The van der Waals surface area contributed by atoms with Crippen LogP contribution in [-0.2, 0) is 4.74 Å². The van der Waals surface area contributed by atoms with E-state index in [1.807, 2.05) is 12.3 Å². The van der Waals surface area contributed by atoms with E-state index in [9.17, 15) is 0 Å². The fourth-order valence-corrected chi connectivity index (χ4v) is 5.45. The van der Waals surface area contributed by atoms with Gasteiger partial charge in [0.1, 0.15) is 0 Å². The molecule has 3 aliphatic rings. The maximum atomic E-state index is 5.81. The molecule has 0 radical (unpaired) electrons. The summed E-state index contributed by atoms with van der Waals surface area (Å²) in [4.78, 5) is 9.50. The SMILES string of the molecule is S=C1N[C@H](c2ccccn2)[C@@H](c2ccn(C3CCCC3)c2)N1CCN1CCOCC1. The molecule has 1 aliphatic carbocycles. The van der Waals surface area contributed by atoms with Gasteiger partial charge in [-0.2, -0.15) is 0 Å². The van der Waals surface area contributed by atoms with Crippen LogP contribution in [0.3, 0.4) is 0 Å². The molecule has 2 aromatic heterocycles. The van der Waals surface area contributed by atoms with E-state index in [0.29, 0.717) is 6.04 Å². The van der Waals surface area contributed by atoms with Crippen LogP contribution in [0.2, 0.25) is 0 Å². The molecule has 4 heterocycles. The molecule has 2 aromatic rings. The second-order valence-corrected chi connectivity index (χ2v) is 8.99. The Bertz CT molecular complexity index is 844. The van der Waals surface area contributed by atoms with E-state index < -0.39 is 0 Å². The molecule has 0 amide bonds. The van der Waals surface area contributed by atoms with Crippen molar-refractivity contribution in [2.75, 3.05) is 39.4 Å².